The number of anilines is 2. The van der Waals surface area contributed by atoms with Crippen LogP contribution in [0.3, 0.4) is 0 Å². The minimum atomic E-state index is -1.73. The molecule has 1 aliphatic rings. The van der Waals surface area contributed by atoms with Gasteiger partial charge in [-0.3, -0.25) is 9.59 Å². The fraction of sp³-hybridized carbons (Fsp3) is 0.300. The highest BCUT2D eigenvalue weighted by Gasteiger charge is 2.23. The zero-order valence-electron chi connectivity index (χ0n) is 16.4. The predicted octanol–water partition coefficient (Wildman–Crippen LogP) is 2.37. The summed E-state index contributed by atoms with van der Waals surface area (Å²) in [5.41, 5.74) is -0.433. The Morgan fingerprint density at radius 2 is 1.87 bits per heavy atom. The second-order valence-electron chi connectivity index (χ2n) is 6.89. The standard InChI is InChI=1S/C20H19F3N4O4/c1-10(31-20(30)11-2-7-15(24-8-11)26-12-3-4-12)19(29)25-9-16(28)27-14-6-5-13(21)17(22)18(14)23/h2,5-8,10,12H,3-4,9H2,1H3,(H,24,26)(H,25,29)(H,27,28). The molecule has 1 aliphatic carbocycles. The van der Waals surface area contributed by atoms with Crippen molar-refractivity contribution in [2.45, 2.75) is 31.9 Å². The van der Waals surface area contributed by atoms with Gasteiger partial charge in [0, 0.05) is 12.2 Å². The van der Waals surface area contributed by atoms with E-state index < -0.39 is 53.6 Å². The van der Waals surface area contributed by atoms with Crippen LogP contribution in [0.15, 0.2) is 30.5 Å². The molecule has 1 atom stereocenters. The van der Waals surface area contributed by atoms with Gasteiger partial charge in [0.05, 0.1) is 17.8 Å². The van der Waals surface area contributed by atoms with Gasteiger partial charge in [0.15, 0.2) is 23.6 Å². The second-order valence-corrected chi connectivity index (χ2v) is 6.89. The number of amides is 2. The van der Waals surface area contributed by atoms with Crippen LogP contribution in [0.2, 0.25) is 0 Å². The van der Waals surface area contributed by atoms with Crippen LogP contribution in [0.5, 0.6) is 0 Å². The van der Waals surface area contributed by atoms with E-state index in [1.54, 1.807) is 6.07 Å². The topological polar surface area (TPSA) is 109 Å². The number of pyridine rings is 1. The maximum Gasteiger partial charge on any atom is 0.340 e. The van der Waals surface area contributed by atoms with Gasteiger partial charge in [-0.05, 0) is 44.0 Å². The maximum absolute atomic E-state index is 13.6. The molecule has 31 heavy (non-hydrogen) atoms. The second kappa shape index (κ2) is 9.45. The van der Waals surface area contributed by atoms with Crippen molar-refractivity contribution in [3.8, 4) is 0 Å². The van der Waals surface area contributed by atoms with Gasteiger partial charge in [-0.15, -0.1) is 0 Å². The summed E-state index contributed by atoms with van der Waals surface area (Å²) in [4.78, 5) is 40.1. The van der Waals surface area contributed by atoms with Crippen molar-refractivity contribution in [2.24, 2.45) is 0 Å². The Hall–Kier alpha value is -3.63. The molecule has 0 aliphatic heterocycles. The third-order valence-electron chi connectivity index (χ3n) is 4.31. The van der Waals surface area contributed by atoms with Crippen molar-refractivity contribution < 1.29 is 32.3 Å². The van der Waals surface area contributed by atoms with Crippen molar-refractivity contribution in [1.29, 1.82) is 0 Å². The molecule has 1 fully saturated rings. The first-order chi connectivity index (χ1) is 14.7. The summed E-state index contributed by atoms with van der Waals surface area (Å²) < 4.78 is 44.7. The summed E-state index contributed by atoms with van der Waals surface area (Å²) in [6.07, 6.45) is 2.24. The van der Waals surface area contributed by atoms with Gasteiger partial charge in [-0.2, -0.15) is 0 Å². The summed E-state index contributed by atoms with van der Waals surface area (Å²) in [5.74, 6) is -6.51. The first-order valence-corrected chi connectivity index (χ1v) is 9.39. The van der Waals surface area contributed by atoms with Gasteiger partial charge in [0.25, 0.3) is 5.91 Å². The van der Waals surface area contributed by atoms with Gasteiger partial charge in [-0.1, -0.05) is 0 Å². The summed E-state index contributed by atoms with van der Waals surface area (Å²) in [5, 5.41) is 7.37. The molecule has 1 aromatic carbocycles. The molecular formula is C20H19F3N4O4. The third-order valence-corrected chi connectivity index (χ3v) is 4.31. The number of carbonyl (C=O) groups is 3. The molecule has 8 nitrogen and oxygen atoms in total. The lowest BCUT2D eigenvalue weighted by Gasteiger charge is -2.14. The van der Waals surface area contributed by atoms with Crippen molar-refractivity contribution in [2.75, 3.05) is 17.2 Å². The van der Waals surface area contributed by atoms with E-state index in [4.69, 9.17) is 4.74 Å². The largest absolute Gasteiger partial charge is 0.449 e. The Morgan fingerprint density at radius 3 is 2.52 bits per heavy atom. The Morgan fingerprint density at radius 1 is 1.13 bits per heavy atom. The first kappa shape index (κ1) is 22.1. The normalized spacial score (nSPS) is 13.8. The number of benzene rings is 1. The van der Waals surface area contributed by atoms with Gasteiger partial charge in [-0.25, -0.2) is 22.9 Å². The summed E-state index contributed by atoms with van der Waals surface area (Å²) in [7, 11) is 0. The highest BCUT2D eigenvalue weighted by Crippen LogP contribution is 2.23. The minimum absolute atomic E-state index is 0.146. The molecule has 1 saturated carbocycles. The molecule has 0 saturated heterocycles. The van der Waals surface area contributed by atoms with Crippen LogP contribution in [0.4, 0.5) is 24.7 Å². The van der Waals surface area contributed by atoms with E-state index in [-0.39, 0.29) is 5.56 Å². The van der Waals surface area contributed by atoms with Crippen LogP contribution in [-0.4, -0.2) is 41.5 Å². The van der Waals surface area contributed by atoms with Crippen molar-refractivity contribution in [3.05, 3.63) is 53.5 Å². The minimum Gasteiger partial charge on any atom is -0.449 e. The van der Waals surface area contributed by atoms with E-state index in [0.717, 1.165) is 18.9 Å². The van der Waals surface area contributed by atoms with Crippen molar-refractivity contribution in [1.82, 2.24) is 10.3 Å². The van der Waals surface area contributed by atoms with Crippen LogP contribution in [-0.2, 0) is 14.3 Å². The van der Waals surface area contributed by atoms with E-state index in [9.17, 15) is 27.6 Å². The van der Waals surface area contributed by atoms with E-state index in [1.165, 1.54) is 19.2 Å². The van der Waals surface area contributed by atoms with Gasteiger partial charge < -0.3 is 20.7 Å². The lowest BCUT2D eigenvalue weighted by molar-refractivity contribution is -0.130. The quantitative estimate of drug-likeness (QED) is 0.433. The van der Waals surface area contributed by atoms with Gasteiger partial charge >= 0.3 is 5.97 Å². The third kappa shape index (κ3) is 5.93. The number of hydrogen-bond donors (Lipinski definition) is 3. The zero-order chi connectivity index (χ0) is 22.5. The highest BCUT2D eigenvalue weighted by molar-refractivity contribution is 5.96. The fourth-order valence-corrected chi connectivity index (χ4v) is 2.45. The number of nitrogens with zero attached hydrogens (tertiary/aromatic N) is 1. The average Bonchev–Trinajstić information content (AvgIpc) is 3.56. The highest BCUT2D eigenvalue weighted by atomic mass is 19.2. The first-order valence-electron chi connectivity index (χ1n) is 9.39. The number of carbonyl (C=O) groups excluding carboxylic acids is 3. The number of esters is 1. The molecule has 2 aromatic rings. The molecule has 3 N–H and O–H groups in total. The number of ether oxygens (including phenoxy) is 1. The molecule has 0 bridgehead atoms. The molecule has 164 valence electrons. The van der Waals surface area contributed by atoms with E-state index >= 15 is 0 Å². The molecule has 11 heteroatoms. The Kier molecular flexibility index (Phi) is 6.73. The molecule has 0 radical (unpaired) electrons. The summed E-state index contributed by atoms with van der Waals surface area (Å²) >= 11 is 0. The van der Waals surface area contributed by atoms with E-state index in [0.29, 0.717) is 17.9 Å². The van der Waals surface area contributed by atoms with Crippen LogP contribution in [0.1, 0.15) is 30.1 Å². The molecule has 0 spiro atoms. The van der Waals surface area contributed by atoms with Crippen LogP contribution in [0.25, 0.3) is 0 Å². The van der Waals surface area contributed by atoms with Crippen LogP contribution < -0.4 is 16.0 Å². The Balaban J connectivity index is 1.45. The summed E-state index contributed by atoms with van der Waals surface area (Å²) in [6, 6.07) is 5.04. The summed E-state index contributed by atoms with van der Waals surface area (Å²) in [6.45, 7) is 0.693. The van der Waals surface area contributed by atoms with E-state index in [2.05, 4.69) is 15.6 Å². The molecule has 1 aromatic heterocycles. The molecule has 2 amide bonds. The number of halogens is 3. The molecule has 1 heterocycles. The fourth-order valence-electron chi connectivity index (χ4n) is 2.45. The van der Waals surface area contributed by atoms with Gasteiger partial charge in [0.2, 0.25) is 5.91 Å². The van der Waals surface area contributed by atoms with Crippen LogP contribution >= 0.6 is 0 Å². The van der Waals surface area contributed by atoms with Crippen molar-refractivity contribution >= 4 is 29.3 Å². The Bertz CT molecular complexity index is 997. The molecule has 1 unspecified atom stereocenters. The lowest BCUT2D eigenvalue weighted by Crippen LogP contribution is -2.40. The lowest BCUT2D eigenvalue weighted by atomic mass is 10.2. The average molecular weight is 436 g/mol. The number of rotatable bonds is 8. The van der Waals surface area contributed by atoms with Gasteiger partial charge in [0.1, 0.15) is 5.82 Å². The van der Waals surface area contributed by atoms with Crippen LogP contribution in [0, 0.1) is 17.5 Å². The van der Waals surface area contributed by atoms with E-state index in [1.807, 2.05) is 5.32 Å². The zero-order valence-corrected chi connectivity index (χ0v) is 16.4. The monoisotopic (exact) mass is 436 g/mol. The maximum atomic E-state index is 13.6. The molecular weight excluding hydrogens is 417 g/mol. The number of nitrogens with one attached hydrogen (secondary N) is 3. The Labute approximate surface area is 175 Å². The number of hydrogen-bond acceptors (Lipinski definition) is 6. The smallest absolute Gasteiger partial charge is 0.340 e. The SMILES string of the molecule is CC(OC(=O)c1ccc(NC2CC2)nc1)C(=O)NCC(=O)Nc1ccc(F)c(F)c1F. The molecule has 3 rings (SSSR count). The van der Waals surface area contributed by atoms with Crippen molar-refractivity contribution in [3.63, 3.8) is 0 Å². The predicted molar refractivity (Wildman–Crippen MR) is 104 cm³/mol. The number of aromatic nitrogens is 1.